The summed E-state index contributed by atoms with van der Waals surface area (Å²) in [5.74, 6) is 0.472. The van der Waals surface area contributed by atoms with E-state index in [1.54, 1.807) is 12.1 Å². The third-order valence-electron chi connectivity index (χ3n) is 3.69. The lowest BCUT2D eigenvalue weighted by Gasteiger charge is -2.09. The van der Waals surface area contributed by atoms with Crippen LogP contribution in [0.5, 0.6) is 5.75 Å². The Labute approximate surface area is 135 Å². The van der Waals surface area contributed by atoms with Gasteiger partial charge in [0.25, 0.3) is 0 Å². The van der Waals surface area contributed by atoms with Crippen molar-refractivity contribution in [3.8, 4) is 5.75 Å². The summed E-state index contributed by atoms with van der Waals surface area (Å²) in [6, 6.07) is 12.3. The lowest BCUT2D eigenvalue weighted by Crippen LogP contribution is -2.09. The van der Waals surface area contributed by atoms with Gasteiger partial charge in [0.15, 0.2) is 12.0 Å². The molecule has 2 aromatic carbocycles. The van der Waals surface area contributed by atoms with Crippen molar-refractivity contribution in [2.24, 2.45) is 0 Å². The molecule has 0 spiro atoms. The molecule has 24 heavy (non-hydrogen) atoms. The number of hydrogen-bond acceptors (Lipinski definition) is 6. The molecule has 0 aliphatic heterocycles. The first-order valence-electron chi connectivity index (χ1n) is 7.18. The molecule has 0 radical (unpaired) electrons. The zero-order valence-electron chi connectivity index (χ0n) is 12.6. The first-order chi connectivity index (χ1) is 11.7. The summed E-state index contributed by atoms with van der Waals surface area (Å²) in [5.41, 5.74) is 1.85. The molecule has 7 heteroatoms. The van der Waals surface area contributed by atoms with Crippen molar-refractivity contribution >= 4 is 28.3 Å². The Hall–Kier alpha value is -3.48. The van der Waals surface area contributed by atoms with Crippen molar-refractivity contribution in [3.05, 3.63) is 64.0 Å². The fraction of sp³-hybridized carbons (Fsp3) is 0.0588. The summed E-state index contributed by atoms with van der Waals surface area (Å²) >= 11 is 0. The van der Waals surface area contributed by atoms with Gasteiger partial charge in [-0.1, -0.05) is 17.0 Å². The van der Waals surface area contributed by atoms with E-state index in [-0.39, 0.29) is 5.56 Å². The predicted molar refractivity (Wildman–Crippen MR) is 86.2 cm³/mol. The molecule has 0 aliphatic carbocycles. The molecule has 7 nitrogen and oxygen atoms in total. The number of rotatable bonds is 3. The smallest absolute Gasteiger partial charge is 0.346 e. The van der Waals surface area contributed by atoms with Crippen LogP contribution in [0.3, 0.4) is 0 Å². The topological polar surface area (TPSA) is 87.2 Å². The van der Waals surface area contributed by atoms with Crippen molar-refractivity contribution in [1.82, 2.24) is 15.2 Å². The van der Waals surface area contributed by atoms with E-state index in [4.69, 9.17) is 9.25 Å². The van der Waals surface area contributed by atoms with Crippen molar-refractivity contribution in [3.63, 3.8) is 0 Å². The number of aromatic nitrogens is 3. The SMILES string of the molecule is Cc1cc2cc(C=O)c(=O)oc2cc1On1nnc2ccccc21. The normalized spacial score (nSPS) is 11.0. The Bertz CT molecular complexity index is 1140. The van der Waals surface area contributed by atoms with Gasteiger partial charge >= 0.3 is 5.63 Å². The van der Waals surface area contributed by atoms with Gasteiger partial charge in [-0.05, 0) is 42.0 Å². The molecule has 0 fully saturated rings. The molecule has 4 rings (SSSR count). The van der Waals surface area contributed by atoms with E-state index in [1.807, 2.05) is 31.2 Å². The molecule has 0 saturated heterocycles. The number of aldehydes is 1. The minimum Gasteiger partial charge on any atom is -0.422 e. The van der Waals surface area contributed by atoms with Crippen LogP contribution in [0.15, 0.2) is 51.7 Å². The number of aryl methyl sites for hydroxylation is 1. The molecule has 0 unspecified atom stereocenters. The summed E-state index contributed by atoms with van der Waals surface area (Å²) < 4.78 is 5.17. The first kappa shape index (κ1) is 14.1. The van der Waals surface area contributed by atoms with E-state index in [1.165, 1.54) is 10.9 Å². The number of para-hydroxylation sites is 1. The van der Waals surface area contributed by atoms with E-state index in [2.05, 4.69) is 10.3 Å². The van der Waals surface area contributed by atoms with Gasteiger partial charge in [-0.15, -0.1) is 5.10 Å². The van der Waals surface area contributed by atoms with E-state index in [0.717, 1.165) is 11.1 Å². The molecular weight excluding hydrogens is 310 g/mol. The molecular formula is C17H11N3O4. The maximum absolute atomic E-state index is 11.7. The van der Waals surface area contributed by atoms with Crippen LogP contribution in [0, 0.1) is 6.92 Å². The molecule has 0 amide bonds. The minimum absolute atomic E-state index is 0.0159. The second-order valence-electron chi connectivity index (χ2n) is 5.30. The third-order valence-corrected chi connectivity index (χ3v) is 3.69. The Morgan fingerprint density at radius 1 is 1.21 bits per heavy atom. The fourth-order valence-corrected chi connectivity index (χ4v) is 2.47. The lowest BCUT2D eigenvalue weighted by atomic mass is 10.1. The summed E-state index contributed by atoms with van der Waals surface area (Å²) in [6.07, 6.45) is 0.479. The number of carbonyl (C=O) groups excluding carboxylic acids is 1. The Kier molecular flexibility index (Phi) is 3.13. The highest BCUT2D eigenvalue weighted by atomic mass is 16.7. The molecule has 0 saturated carbocycles. The second-order valence-corrected chi connectivity index (χ2v) is 5.30. The Morgan fingerprint density at radius 3 is 2.88 bits per heavy atom. The van der Waals surface area contributed by atoms with Crippen LogP contribution < -0.4 is 10.5 Å². The molecule has 0 bridgehead atoms. The maximum atomic E-state index is 11.7. The van der Waals surface area contributed by atoms with E-state index >= 15 is 0 Å². The van der Waals surface area contributed by atoms with Crippen LogP contribution in [0.4, 0.5) is 0 Å². The van der Waals surface area contributed by atoms with E-state index < -0.39 is 5.63 Å². The minimum atomic E-state index is -0.682. The highest BCUT2D eigenvalue weighted by Gasteiger charge is 2.11. The van der Waals surface area contributed by atoms with Crippen molar-refractivity contribution < 1.29 is 14.0 Å². The van der Waals surface area contributed by atoms with Crippen LogP contribution in [-0.2, 0) is 0 Å². The third kappa shape index (κ3) is 2.23. The van der Waals surface area contributed by atoms with Gasteiger partial charge in [0, 0.05) is 11.5 Å². The van der Waals surface area contributed by atoms with Gasteiger partial charge < -0.3 is 9.25 Å². The van der Waals surface area contributed by atoms with Crippen LogP contribution in [0.1, 0.15) is 15.9 Å². The van der Waals surface area contributed by atoms with Gasteiger partial charge in [0.05, 0.1) is 0 Å². The van der Waals surface area contributed by atoms with E-state index in [0.29, 0.717) is 28.5 Å². The number of benzene rings is 2. The fourth-order valence-electron chi connectivity index (χ4n) is 2.47. The molecule has 0 N–H and O–H groups in total. The molecule has 2 aromatic heterocycles. The van der Waals surface area contributed by atoms with Crippen LogP contribution in [-0.4, -0.2) is 21.4 Å². The average Bonchev–Trinajstić information content (AvgIpc) is 2.99. The highest BCUT2D eigenvalue weighted by molar-refractivity contribution is 5.85. The summed E-state index contributed by atoms with van der Waals surface area (Å²) in [5, 5.41) is 8.63. The summed E-state index contributed by atoms with van der Waals surface area (Å²) in [6.45, 7) is 1.85. The van der Waals surface area contributed by atoms with Crippen molar-refractivity contribution in [1.29, 1.82) is 0 Å². The summed E-state index contributed by atoms with van der Waals surface area (Å²) in [7, 11) is 0. The maximum Gasteiger partial charge on any atom is 0.346 e. The van der Waals surface area contributed by atoms with Crippen molar-refractivity contribution in [2.45, 2.75) is 6.92 Å². The number of fused-ring (bicyclic) bond motifs is 2. The number of hydrogen-bond donors (Lipinski definition) is 0. The number of carbonyl (C=O) groups is 1. The summed E-state index contributed by atoms with van der Waals surface area (Å²) in [4.78, 5) is 29.6. The monoisotopic (exact) mass is 321 g/mol. The van der Waals surface area contributed by atoms with Gasteiger partial charge in [-0.2, -0.15) is 0 Å². The van der Waals surface area contributed by atoms with Crippen molar-refractivity contribution in [2.75, 3.05) is 0 Å². The Morgan fingerprint density at radius 2 is 2.04 bits per heavy atom. The average molecular weight is 321 g/mol. The highest BCUT2D eigenvalue weighted by Crippen LogP contribution is 2.26. The van der Waals surface area contributed by atoms with Crippen LogP contribution in [0.2, 0.25) is 0 Å². The van der Waals surface area contributed by atoms with Crippen LogP contribution in [0.25, 0.3) is 22.0 Å². The molecule has 118 valence electrons. The first-order valence-corrected chi connectivity index (χ1v) is 7.18. The largest absolute Gasteiger partial charge is 0.422 e. The van der Waals surface area contributed by atoms with Gasteiger partial charge in [0.2, 0.25) is 0 Å². The molecule has 4 aromatic rings. The quantitative estimate of drug-likeness (QED) is 0.425. The van der Waals surface area contributed by atoms with Gasteiger partial charge in [0.1, 0.15) is 22.2 Å². The molecule has 0 aliphatic rings. The lowest BCUT2D eigenvalue weighted by molar-refractivity contribution is 0.112. The molecule has 0 atom stereocenters. The van der Waals surface area contributed by atoms with Gasteiger partial charge in [-0.3, -0.25) is 4.79 Å². The standard InChI is InChI=1S/C17H11N3O4/c1-10-6-11-7-12(9-21)17(22)23-16(11)8-15(10)24-20-14-5-3-2-4-13(14)18-19-20/h2-9H,1H3. The number of nitrogens with zero attached hydrogens (tertiary/aromatic N) is 3. The second kappa shape index (κ2) is 5.31. The zero-order valence-corrected chi connectivity index (χ0v) is 12.6. The Balaban J connectivity index is 1.83. The van der Waals surface area contributed by atoms with Crippen LogP contribution >= 0.6 is 0 Å². The molecule has 2 heterocycles. The zero-order chi connectivity index (χ0) is 16.7. The predicted octanol–water partition coefficient (Wildman–Crippen LogP) is 2.50. The van der Waals surface area contributed by atoms with Gasteiger partial charge in [-0.25, -0.2) is 4.79 Å². The van der Waals surface area contributed by atoms with E-state index in [9.17, 15) is 9.59 Å².